The van der Waals surface area contributed by atoms with Gasteiger partial charge in [-0.25, -0.2) is 0 Å². The Bertz CT molecular complexity index is 261. The van der Waals surface area contributed by atoms with Crippen molar-refractivity contribution in [3.8, 4) is 0 Å². The first-order valence-corrected chi connectivity index (χ1v) is 4.90. The molecule has 0 atom stereocenters. The molecule has 1 heterocycles. The molecule has 1 rings (SSSR count). The Morgan fingerprint density at radius 2 is 2.29 bits per heavy atom. The van der Waals surface area contributed by atoms with Crippen molar-refractivity contribution in [2.45, 2.75) is 20.4 Å². The summed E-state index contributed by atoms with van der Waals surface area (Å²) in [5, 5.41) is 7.04. The zero-order chi connectivity index (χ0) is 10.4. The third-order valence-corrected chi connectivity index (χ3v) is 2.06. The number of aryl methyl sites for hydroxylation is 1. The molecule has 0 unspecified atom stereocenters. The van der Waals surface area contributed by atoms with E-state index in [-0.39, 0.29) is 0 Å². The van der Waals surface area contributed by atoms with Crippen LogP contribution in [0.25, 0.3) is 0 Å². The van der Waals surface area contributed by atoms with Crippen molar-refractivity contribution < 1.29 is 4.52 Å². The first-order chi connectivity index (χ1) is 6.72. The summed E-state index contributed by atoms with van der Waals surface area (Å²) in [4.78, 5) is 6.34. The molecule has 0 spiro atoms. The first kappa shape index (κ1) is 11.1. The maximum atomic E-state index is 4.85. The highest BCUT2D eigenvalue weighted by molar-refractivity contribution is 4.82. The van der Waals surface area contributed by atoms with Crippen LogP contribution in [0.15, 0.2) is 4.52 Å². The molecule has 5 heteroatoms. The number of hydrogen-bond acceptors (Lipinski definition) is 5. The third kappa shape index (κ3) is 3.85. The summed E-state index contributed by atoms with van der Waals surface area (Å²) in [6.45, 7) is 7.66. The second-order valence-corrected chi connectivity index (χ2v) is 3.30. The van der Waals surface area contributed by atoms with E-state index in [0.29, 0.717) is 12.4 Å². The standard InChI is InChI=1S/C9H18N4O/c1-4-13(3)6-5-10-7-9-11-8(2)14-12-9/h10H,4-7H2,1-3H3. The van der Waals surface area contributed by atoms with Crippen LogP contribution >= 0.6 is 0 Å². The van der Waals surface area contributed by atoms with Gasteiger partial charge in [-0.3, -0.25) is 0 Å². The zero-order valence-corrected chi connectivity index (χ0v) is 9.08. The Labute approximate surface area is 84.5 Å². The smallest absolute Gasteiger partial charge is 0.223 e. The molecule has 0 amide bonds. The fourth-order valence-electron chi connectivity index (χ4n) is 1.04. The molecule has 0 saturated heterocycles. The minimum atomic E-state index is 0.618. The van der Waals surface area contributed by atoms with E-state index in [2.05, 4.69) is 34.3 Å². The molecule has 1 aromatic rings. The van der Waals surface area contributed by atoms with E-state index in [1.54, 1.807) is 6.92 Å². The Hall–Kier alpha value is -0.940. The molecule has 0 aliphatic carbocycles. The Morgan fingerprint density at radius 1 is 1.50 bits per heavy atom. The van der Waals surface area contributed by atoms with Gasteiger partial charge in [0.1, 0.15) is 0 Å². The lowest BCUT2D eigenvalue weighted by atomic mass is 10.5. The SMILES string of the molecule is CCN(C)CCNCc1noc(C)n1. The zero-order valence-electron chi connectivity index (χ0n) is 9.08. The summed E-state index contributed by atoms with van der Waals surface area (Å²) in [5.41, 5.74) is 0. The van der Waals surface area contributed by atoms with Gasteiger partial charge in [-0.15, -0.1) is 0 Å². The van der Waals surface area contributed by atoms with Crippen molar-refractivity contribution in [1.82, 2.24) is 20.4 Å². The van der Waals surface area contributed by atoms with Gasteiger partial charge in [0.15, 0.2) is 5.82 Å². The molecule has 0 fully saturated rings. The molecular weight excluding hydrogens is 180 g/mol. The number of nitrogens with one attached hydrogen (secondary N) is 1. The van der Waals surface area contributed by atoms with E-state index in [1.807, 2.05) is 0 Å². The third-order valence-electron chi connectivity index (χ3n) is 2.06. The van der Waals surface area contributed by atoms with E-state index in [1.165, 1.54) is 0 Å². The lowest BCUT2D eigenvalue weighted by molar-refractivity contribution is 0.346. The van der Waals surface area contributed by atoms with Gasteiger partial charge in [0.05, 0.1) is 6.54 Å². The summed E-state index contributed by atoms with van der Waals surface area (Å²) >= 11 is 0. The number of rotatable bonds is 6. The Balaban J connectivity index is 2.10. The van der Waals surface area contributed by atoms with E-state index >= 15 is 0 Å². The van der Waals surface area contributed by atoms with Crippen LogP contribution in [0, 0.1) is 6.92 Å². The largest absolute Gasteiger partial charge is 0.340 e. The van der Waals surface area contributed by atoms with E-state index in [9.17, 15) is 0 Å². The number of likely N-dealkylation sites (N-methyl/N-ethyl adjacent to an activating group) is 1. The molecule has 0 radical (unpaired) electrons. The van der Waals surface area contributed by atoms with Crippen molar-refractivity contribution in [2.75, 3.05) is 26.7 Å². The first-order valence-electron chi connectivity index (χ1n) is 4.90. The highest BCUT2D eigenvalue weighted by atomic mass is 16.5. The van der Waals surface area contributed by atoms with Crippen LogP contribution in [0.5, 0.6) is 0 Å². The van der Waals surface area contributed by atoms with Gasteiger partial charge >= 0.3 is 0 Å². The van der Waals surface area contributed by atoms with Gasteiger partial charge < -0.3 is 14.7 Å². The van der Waals surface area contributed by atoms with Crippen molar-refractivity contribution >= 4 is 0 Å². The average molecular weight is 198 g/mol. The van der Waals surface area contributed by atoms with Crippen molar-refractivity contribution in [2.24, 2.45) is 0 Å². The molecule has 0 aliphatic rings. The molecule has 5 nitrogen and oxygen atoms in total. The fraction of sp³-hybridized carbons (Fsp3) is 0.778. The van der Waals surface area contributed by atoms with Crippen LogP contribution in [0.2, 0.25) is 0 Å². The number of aromatic nitrogens is 2. The molecule has 0 aliphatic heterocycles. The van der Waals surface area contributed by atoms with Crippen LogP contribution < -0.4 is 5.32 Å². The molecule has 0 saturated carbocycles. The quantitative estimate of drug-likeness (QED) is 0.671. The molecular formula is C9H18N4O. The van der Waals surface area contributed by atoms with Gasteiger partial charge in [0, 0.05) is 20.0 Å². The monoisotopic (exact) mass is 198 g/mol. The second kappa shape index (κ2) is 5.72. The normalized spacial score (nSPS) is 11.1. The van der Waals surface area contributed by atoms with E-state index < -0.39 is 0 Å². The summed E-state index contributed by atoms with van der Waals surface area (Å²) < 4.78 is 4.85. The fourth-order valence-corrected chi connectivity index (χ4v) is 1.04. The number of nitrogens with zero attached hydrogens (tertiary/aromatic N) is 3. The maximum Gasteiger partial charge on any atom is 0.223 e. The summed E-state index contributed by atoms with van der Waals surface area (Å²) in [5.74, 6) is 1.34. The van der Waals surface area contributed by atoms with Crippen molar-refractivity contribution in [3.63, 3.8) is 0 Å². The Morgan fingerprint density at radius 3 is 2.86 bits per heavy atom. The van der Waals surface area contributed by atoms with E-state index in [0.717, 1.165) is 25.5 Å². The van der Waals surface area contributed by atoms with Gasteiger partial charge in [-0.1, -0.05) is 12.1 Å². The summed E-state index contributed by atoms with van der Waals surface area (Å²) in [6.07, 6.45) is 0. The molecule has 1 N–H and O–H groups in total. The van der Waals surface area contributed by atoms with Crippen LogP contribution in [-0.2, 0) is 6.54 Å². The lowest BCUT2D eigenvalue weighted by Gasteiger charge is -2.13. The molecule has 80 valence electrons. The van der Waals surface area contributed by atoms with Crippen molar-refractivity contribution in [3.05, 3.63) is 11.7 Å². The van der Waals surface area contributed by atoms with Crippen LogP contribution in [0.1, 0.15) is 18.6 Å². The summed E-state index contributed by atoms with van der Waals surface area (Å²) in [6, 6.07) is 0. The van der Waals surface area contributed by atoms with Crippen LogP contribution in [0.4, 0.5) is 0 Å². The highest BCUT2D eigenvalue weighted by Gasteiger charge is 2.00. The maximum absolute atomic E-state index is 4.85. The molecule has 0 aromatic carbocycles. The summed E-state index contributed by atoms with van der Waals surface area (Å²) in [7, 11) is 2.10. The highest BCUT2D eigenvalue weighted by Crippen LogP contribution is 1.93. The average Bonchev–Trinajstić information content (AvgIpc) is 2.58. The van der Waals surface area contributed by atoms with Crippen LogP contribution in [-0.4, -0.2) is 41.7 Å². The lowest BCUT2D eigenvalue weighted by Crippen LogP contribution is -2.29. The minimum absolute atomic E-state index is 0.618. The van der Waals surface area contributed by atoms with Crippen LogP contribution in [0.3, 0.4) is 0 Å². The predicted octanol–water partition coefficient (Wildman–Crippen LogP) is 0.419. The second-order valence-electron chi connectivity index (χ2n) is 3.30. The van der Waals surface area contributed by atoms with Gasteiger partial charge in [0.25, 0.3) is 0 Å². The molecule has 1 aromatic heterocycles. The van der Waals surface area contributed by atoms with Gasteiger partial charge in [-0.05, 0) is 13.6 Å². The molecule has 14 heavy (non-hydrogen) atoms. The van der Waals surface area contributed by atoms with E-state index in [4.69, 9.17) is 4.52 Å². The predicted molar refractivity (Wildman–Crippen MR) is 53.9 cm³/mol. The van der Waals surface area contributed by atoms with Gasteiger partial charge in [-0.2, -0.15) is 4.98 Å². The Kier molecular flexibility index (Phi) is 4.55. The minimum Gasteiger partial charge on any atom is -0.340 e. The van der Waals surface area contributed by atoms with Gasteiger partial charge in [0.2, 0.25) is 5.89 Å². The topological polar surface area (TPSA) is 54.2 Å². The van der Waals surface area contributed by atoms with Crippen molar-refractivity contribution in [1.29, 1.82) is 0 Å². The molecule has 0 bridgehead atoms. The number of hydrogen-bond donors (Lipinski definition) is 1.